The number of hydrogen-bond donors (Lipinski definition) is 3. The fourth-order valence-electron chi connectivity index (χ4n) is 4.33. The van der Waals surface area contributed by atoms with Gasteiger partial charge in [-0.05, 0) is 49.1 Å². The van der Waals surface area contributed by atoms with Gasteiger partial charge in [-0.2, -0.15) is 0 Å². The number of halogens is 3. The fourth-order valence-corrected chi connectivity index (χ4v) is 4.89. The number of fused-ring (bicyclic) bond motifs is 1. The van der Waals surface area contributed by atoms with Crippen LogP contribution in [0.1, 0.15) is 48.8 Å². The molecule has 0 aliphatic carbocycles. The first-order valence-electron chi connectivity index (χ1n) is 9.35. The van der Waals surface area contributed by atoms with Gasteiger partial charge < -0.3 is 15.7 Å². The van der Waals surface area contributed by atoms with E-state index in [1.54, 1.807) is 6.07 Å². The molecule has 3 N–H and O–H groups in total. The van der Waals surface area contributed by atoms with Crippen molar-refractivity contribution in [2.75, 3.05) is 11.9 Å². The number of aliphatic hydroxyl groups excluding tert-OH is 1. The predicted octanol–water partition coefficient (Wildman–Crippen LogP) is 5.56. The third kappa shape index (κ3) is 4.38. The van der Waals surface area contributed by atoms with E-state index in [-0.39, 0.29) is 30.4 Å². The molecule has 27 heavy (non-hydrogen) atoms. The van der Waals surface area contributed by atoms with Crippen molar-refractivity contribution in [3.05, 3.63) is 63.6 Å². The molecule has 2 aliphatic heterocycles. The van der Waals surface area contributed by atoms with Crippen LogP contribution in [0.2, 0.25) is 10.0 Å². The first-order valence-corrected chi connectivity index (χ1v) is 10.1. The minimum absolute atomic E-state index is 0. The number of piperidine rings is 1. The highest BCUT2D eigenvalue weighted by Gasteiger charge is 2.37. The highest BCUT2D eigenvalue weighted by molar-refractivity contribution is 6.36. The van der Waals surface area contributed by atoms with Crippen molar-refractivity contribution in [3.8, 4) is 0 Å². The molecule has 0 bridgehead atoms. The van der Waals surface area contributed by atoms with Gasteiger partial charge in [0.15, 0.2) is 0 Å². The van der Waals surface area contributed by atoms with E-state index in [4.69, 9.17) is 23.2 Å². The quantitative estimate of drug-likeness (QED) is 0.601. The van der Waals surface area contributed by atoms with Gasteiger partial charge >= 0.3 is 0 Å². The van der Waals surface area contributed by atoms with Crippen LogP contribution in [-0.4, -0.2) is 23.8 Å². The standard InChI is InChI=1S/C21H24Cl2N2O.ClH/c22-14-10-15-16(21(26)18-8-4-5-9-24-18)12-19(13-6-2-1-3-7-13)25-20(15)17(23)11-14;/h1-3,6-7,10-11,16,18-19,21,24-26H,4-5,8-9,12H2;1H. The van der Waals surface area contributed by atoms with E-state index in [1.165, 1.54) is 12.0 Å². The lowest BCUT2D eigenvalue weighted by molar-refractivity contribution is 0.0806. The Kier molecular flexibility index (Phi) is 6.93. The molecule has 1 saturated heterocycles. The Morgan fingerprint density at radius 1 is 1.07 bits per heavy atom. The molecule has 0 amide bonds. The van der Waals surface area contributed by atoms with Gasteiger partial charge in [0.05, 0.1) is 22.9 Å². The van der Waals surface area contributed by atoms with E-state index < -0.39 is 6.10 Å². The molecule has 0 saturated carbocycles. The lowest BCUT2D eigenvalue weighted by Gasteiger charge is -2.40. The maximum absolute atomic E-state index is 11.2. The number of nitrogens with one attached hydrogen (secondary N) is 2. The summed E-state index contributed by atoms with van der Waals surface area (Å²) in [5.74, 6) is -0.0109. The molecule has 0 spiro atoms. The molecule has 3 nitrogen and oxygen atoms in total. The van der Waals surface area contributed by atoms with Gasteiger partial charge in [0, 0.05) is 17.0 Å². The van der Waals surface area contributed by atoms with E-state index in [1.807, 2.05) is 24.3 Å². The van der Waals surface area contributed by atoms with Crippen LogP contribution in [0, 0.1) is 0 Å². The lowest BCUT2D eigenvalue weighted by atomic mass is 9.78. The summed E-state index contributed by atoms with van der Waals surface area (Å²) in [5, 5.41) is 19.5. The summed E-state index contributed by atoms with van der Waals surface area (Å²) in [6, 6.07) is 14.3. The normalized spacial score (nSPS) is 25.7. The van der Waals surface area contributed by atoms with Gasteiger partial charge in [-0.15, -0.1) is 12.4 Å². The zero-order valence-electron chi connectivity index (χ0n) is 15.0. The molecule has 2 aromatic carbocycles. The van der Waals surface area contributed by atoms with Crippen LogP contribution < -0.4 is 10.6 Å². The second kappa shape index (κ2) is 9.02. The lowest BCUT2D eigenvalue weighted by Crippen LogP contribution is -2.47. The van der Waals surface area contributed by atoms with Gasteiger partial charge in [0.2, 0.25) is 0 Å². The zero-order chi connectivity index (χ0) is 18.1. The number of aliphatic hydroxyl groups is 1. The van der Waals surface area contributed by atoms with Crippen molar-refractivity contribution in [1.82, 2.24) is 5.32 Å². The van der Waals surface area contributed by atoms with Gasteiger partial charge in [-0.3, -0.25) is 0 Å². The minimum atomic E-state index is -0.461. The molecule has 4 unspecified atom stereocenters. The summed E-state index contributed by atoms with van der Waals surface area (Å²) in [6.45, 7) is 0.970. The average molecular weight is 428 g/mol. The summed E-state index contributed by atoms with van der Waals surface area (Å²) >= 11 is 12.8. The molecular formula is C21H25Cl3N2O. The van der Waals surface area contributed by atoms with E-state index in [9.17, 15) is 5.11 Å². The molecule has 2 heterocycles. The predicted molar refractivity (Wildman–Crippen MR) is 116 cm³/mol. The number of anilines is 1. The molecule has 0 radical (unpaired) electrons. The Morgan fingerprint density at radius 3 is 2.56 bits per heavy atom. The van der Waals surface area contributed by atoms with Crippen molar-refractivity contribution < 1.29 is 5.11 Å². The third-order valence-electron chi connectivity index (χ3n) is 5.67. The largest absolute Gasteiger partial charge is 0.391 e. The number of hydrogen-bond acceptors (Lipinski definition) is 3. The fraction of sp³-hybridized carbons (Fsp3) is 0.429. The summed E-state index contributed by atoms with van der Waals surface area (Å²) in [5.41, 5.74) is 3.13. The van der Waals surface area contributed by atoms with Crippen LogP contribution in [0.5, 0.6) is 0 Å². The summed E-state index contributed by atoms with van der Waals surface area (Å²) in [7, 11) is 0. The summed E-state index contributed by atoms with van der Waals surface area (Å²) in [4.78, 5) is 0. The van der Waals surface area contributed by atoms with E-state index in [0.717, 1.165) is 37.1 Å². The third-order valence-corrected chi connectivity index (χ3v) is 6.18. The maximum atomic E-state index is 11.2. The number of benzene rings is 2. The second-order valence-corrected chi connectivity index (χ2v) is 8.19. The minimum Gasteiger partial charge on any atom is -0.391 e. The Labute approximate surface area is 176 Å². The van der Waals surface area contributed by atoms with Crippen molar-refractivity contribution in [1.29, 1.82) is 0 Å². The zero-order valence-corrected chi connectivity index (χ0v) is 17.3. The van der Waals surface area contributed by atoms with Crippen molar-refractivity contribution in [2.45, 2.75) is 49.8 Å². The smallest absolute Gasteiger partial charge is 0.0763 e. The SMILES string of the molecule is Cl.OC(C1CCCCN1)C1CC(c2ccccc2)Nc2c(Cl)cc(Cl)cc21. The highest BCUT2D eigenvalue weighted by Crippen LogP contribution is 2.46. The first kappa shape index (κ1) is 20.8. The van der Waals surface area contributed by atoms with Crippen molar-refractivity contribution in [2.24, 2.45) is 0 Å². The molecular weight excluding hydrogens is 403 g/mol. The average Bonchev–Trinajstić information content (AvgIpc) is 2.68. The second-order valence-electron chi connectivity index (χ2n) is 7.35. The van der Waals surface area contributed by atoms with E-state index in [2.05, 4.69) is 22.8 Å². The van der Waals surface area contributed by atoms with Gasteiger partial charge in [0.25, 0.3) is 0 Å². The van der Waals surface area contributed by atoms with Crippen LogP contribution in [0.4, 0.5) is 5.69 Å². The summed E-state index contributed by atoms with van der Waals surface area (Å²) in [6.07, 6.45) is 3.69. The summed E-state index contributed by atoms with van der Waals surface area (Å²) < 4.78 is 0. The van der Waals surface area contributed by atoms with Crippen molar-refractivity contribution in [3.63, 3.8) is 0 Å². The molecule has 4 atom stereocenters. The van der Waals surface area contributed by atoms with Crippen LogP contribution in [-0.2, 0) is 0 Å². The molecule has 2 aromatic rings. The van der Waals surface area contributed by atoms with Gasteiger partial charge in [0.1, 0.15) is 0 Å². The van der Waals surface area contributed by atoms with Crippen LogP contribution in [0.25, 0.3) is 0 Å². The molecule has 0 aromatic heterocycles. The first-order chi connectivity index (χ1) is 12.6. The monoisotopic (exact) mass is 426 g/mol. The topological polar surface area (TPSA) is 44.3 Å². The van der Waals surface area contributed by atoms with Gasteiger partial charge in [-0.1, -0.05) is 60.0 Å². The van der Waals surface area contributed by atoms with Crippen molar-refractivity contribution >= 4 is 41.3 Å². The molecule has 146 valence electrons. The highest BCUT2D eigenvalue weighted by atomic mass is 35.5. The molecule has 6 heteroatoms. The number of rotatable bonds is 3. The Morgan fingerprint density at radius 2 is 1.85 bits per heavy atom. The Bertz CT molecular complexity index is 766. The maximum Gasteiger partial charge on any atom is 0.0763 e. The Balaban J connectivity index is 0.00000210. The molecule has 4 rings (SSSR count). The van der Waals surface area contributed by atoms with Crippen LogP contribution in [0.3, 0.4) is 0 Å². The van der Waals surface area contributed by atoms with Crippen LogP contribution in [0.15, 0.2) is 42.5 Å². The van der Waals surface area contributed by atoms with E-state index in [0.29, 0.717) is 10.0 Å². The van der Waals surface area contributed by atoms with Crippen LogP contribution >= 0.6 is 35.6 Å². The molecule has 2 aliphatic rings. The Hall–Kier alpha value is -0.970. The van der Waals surface area contributed by atoms with Gasteiger partial charge in [-0.25, -0.2) is 0 Å². The van der Waals surface area contributed by atoms with E-state index >= 15 is 0 Å². The molecule has 1 fully saturated rings.